The van der Waals surface area contributed by atoms with E-state index in [1.54, 1.807) is 38.1 Å². The first kappa shape index (κ1) is 20.0. The van der Waals surface area contributed by atoms with Crippen LogP contribution in [-0.4, -0.2) is 21.9 Å². The standard InChI is InChI=1S/C18H18N4O4S/c1-11(2)16(23)19-13-6-4-7-14(10-13)20-18(27)21-17(24)12-5-3-8-15(9-12)22(25)26/h3-11H,1-2H3,(H,19,23)(H2,20,21,24,27). The number of carbonyl (C=O) groups is 2. The Labute approximate surface area is 161 Å². The van der Waals surface area contributed by atoms with Gasteiger partial charge in [0.25, 0.3) is 11.6 Å². The number of nitro groups is 1. The van der Waals surface area contributed by atoms with Crippen molar-refractivity contribution < 1.29 is 14.5 Å². The van der Waals surface area contributed by atoms with Crippen LogP contribution in [0.5, 0.6) is 0 Å². The Hall–Kier alpha value is -3.33. The van der Waals surface area contributed by atoms with Gasteiger partial charge in [-0.25, -0.2) is 0 Å². The van der Waals surface area contributed by atoms with E-state index in [0.29, 0.717) is 11.4 Å². The summed E-state index contributed by atoms with van der Waals surface area (Å²) in [6.45, 7) is 3.58. The number of rotatable bonds is 5. The highest BCUT2D eigenvalue weighted by molar-refractivity contribution is 7.80. The first-order valence-electron chi connectivity index (χ1n) is 8.04. The highest BCUT2D eigenvalue weighted by Gasteiger charge is 2.13. The van der Waals surface area contributed by atoms with E-state index < -0.39 is 10.8 Å². The van der Waals surface area contributed by atoms with Crippen molar-refractivity contribution in [3.05, 3.63) is 64.2 Å². The van der Waals surface area contributed by atoms with E-state index in [1.807, 2.05) is 0 Å². The molecule has 2 rings (SSSR count). The lowest BCUT2D eigenvalue weighted by molar-refractivity contribution is -0.384. The molecule has 0 aliphatic heterocycles. The molecule has 3 N–H and O–H groups in total. The molecule has 0 fully saturated rings. The summed E-state index contributed by atoms with van der Waals surface area (Å²) in [6, 6.07) is 12.2. The Bertz CT molecular complexity index is 898. The molecule has 140 valence electrons. The molecular formula is C18H18N4O4S. The third kappa shape index (κ3) is 5.86. The smallest absolute Gasteiger partial charge is 0.270 e. The number of anilines is 2. The van der Waals surface area contributed by atoms with E-state index >= 15 is 0 Å². The molecule has 0 spiro atoms. The fourth-order valence-corrected chi connectivity index (χ4v) is 2.27. The lowest BCUT2D eigenvalue weighted by Crippen LogP contribution is -2.34. The lowest BCUT2D eigenvalue weighted by atomic mass is 10.2. The maximum atomic E-state index is 12.2. The zero-order valence-corrected chi connectivity index (χ0v) is 15.5. The molecule has 0 saturated carbocycles. The Morgan fingerprint density at radius 1 is 1.04 bits per heavy atom. The van der Waals surface area contributed by atoms with Crippen LogP contribution in [0.25, 0.3) is 0 Å². The number of nitrogens with zero attached hydrogens (tertiary/aromatic N) is 1. The monoisotopic (exact) mass is 386 g/mol. The third-order valence-corrected chi connectivity index (χ3v) is 3.66. The summed E-state index contributed by atoms with van der Waals surface area (Å²) in [4.78, 5) is 34.2. The second-order valence-corrected chi connectivity index (χ2v) is 6.35. The fraction of sp³-hybridized carbons (Fsp3) is 0.167. The average Bonchev–Trinajstić information content (AvgIpc) is 2.61. The number of carbonyl (C=O) groups excluding carboxylic acids is 2. The zero-order chi connectivity index (χ0) is 20.0. The van der Waals surface area contributed by atoms with Crippen LogP contribution in [-0.2, 0) is 4.79 Å². The van der Waals surface area contributed by atoms with Gasteiger partial charge in [-0.15, -0.1) is 0 Å². The van der Waals surface area contributed by atoms with E-state index in [0.717, 1.165) is 0 Å². The molecule has 2 amide bonds. The third-order valence-electron chi connectivity index (χ3n) is 3.46. The van der Waals surface area contributed by atoms with Crippen molar-refractivity contribution in [3.8, 4) is 0 Å². The maximum Gasteiger partial charge on any atom is 0.270 e. The minimum absolute atomic E-state index is 0.0267. The molecule has 0 heterocycles. The number of thiocarbonyl (C=S) groups is 1. The summed E-state index contributed by atoms with van der Waals surface area (Å²) >= 11 is 5.11. The normalized spacial score (nSPS) is 10.2. The SMILES string of the molecule is CC(C)C(=O)Nc1cccc(NC(=S)NC(=O)c2cccc([N+](=O)[O-])c2)c1. The number of nitro benzene ring substituents is 1. The fourth-order valence-electron chi connectivity index (χ4n) is 2.06. The summed E-state index contributed by atoms with van der Waals surface area (Å²) in [7, 11) is 0. The van der Waals surface area contributed by atoms with E-state index in [2.05, 4.69) is 16.0 Å². The molecule has 0 atom stereocenters. The number of nitrogens with one attached hydrogen (secondary N) is 3. The number of amides is 2. The topological polar surface area (TPSA) is 113 Å². The predicted octanol–water partition coefficient (Wildman–Crippen LogP) is 3.32. The van der Waals surface area contributed by atoms with Crippen LogP contribution in [0, 0.1) is 16.0 Å². The van der Waals surface area contributed by atoms with Gasteiger partial charge in [0.1, 0.15) is 0 Å². The van der Waals surface area contributed by atoms with Crippen molar-refractivity contribution in [1.29, 1.82) is 0 Å². The van der Waals surface area contributed by atoms with Gasteiger partial charge in [0.05, 0.1) is 4.92 Å². The minimum atomic E-state index is -0.579. The van der Waals surface area contributed by atoms with Crippen LogP contribution >= 0.6 is 12.2 Å². The van der Waals surface area contributed by atoms with E-state index in [-0.39, 0.29) is 28.2 Å². The lowest BCUT2D eigenvalue weighted by Gasteiger charge is -2.12. The van der Waals surface area contributed by atoms with Gasteiger partial charge < -0.3 is 10.6 Å². The Morgan fingerprint density at radius 2 is 1.67 bits per heavy atom. The Kier molecular flexibility index (Phi) is 6.56. The predicted molar refractivity (Wildman–Crippen MR) is 107 cm³/mol. The van der Waals surface area contributed by atoms with E-state index in [9.17, 15) is 19.7 Å². The summed E-state index contributed by atoms with van der Waals surface area (Å²) in [5.74, 6) is -0.842. The second-order valence-electron chi connectivity index (χ2n) is 5.94. The summed E-state index contributed by atoms with van der Waals surface area (Å²) in [5, 5.41) is 18.9. The Morgan fingerprint density at radius 3 is 2.30 bits per heavy atom. The van der Waals surface area contributed by atoms with Crippen LogP contribution in [0.15, 0.2) is 48.5 Å². The molecule has 0 radical (unpaired) electrons. The summed E-state index contributed by atoms with van der Waals surface area (Å²) < 4.78 is 0. The van der Waals surface area contributed by atoms with Gasteiger partial charge in [0, 0.05) is 35.0 Å². The van der Waals surface area contributed by atoms with Gasteiger partial charge in [0.2, 0.25) is 5.91 Å². The maximum absolute atomic E-state index is 12.2. The van der Waals surface area contributed by atoms with Crippen molar-refractivity contribution >= 4 is 46.2 Å². The number of benzene rings is 2. The van der Waals surface area contributed by atoms with Crippen molar-refractivity contribution in [2.75, 3.05) is 10.6 Å². The first-order valence-corrected chi connectivity index (χ1v) is 8.45. The minimum Gasteiger partial charge on any atom is -0.332 e. The average molecular weight is 386 g/mol. The summed E-state index contributed by atoms with van der Waals surface area (Å²) in [5.41, 5.74) is 1.09. The number of non-ortho nitro benzene ring substituents is 1. The first-order chi connectivity index (χ1) is 12.8. The molecule has 0 aromatic heterocycles. The van der Waals surface area contributed by atoms with Crippen LogP contribution < -0.4 is 16.0 Å². The van der Waals surface area contributed by atoms with Crippen LogP contribution in [0.4, 0.5) is 17.1 Å². The molecule has 9 heteroatoms. The number of hydrogen-bond acceptors (Lipinski definition) is 5. The molecule has 0 saturated heterocycles. The molecule has 0 aliphatic rings. The van der Waals surface area contributed by atoms with Crippen molar-refractivity contribution in [1.82, 2.24) is 5.32 Å². The Balaban J connectivity index is 2.01. The largest absolute Gasteiger partial charge is 0.332 e. The number of hydrogen-bond donors (Lipinski definition) is 3. The molecule has 2 aromatic rings. The molecule has 0 bridgehead atoms. The van der Waals surface area contributed by atoms with E-state index in [1.165, 1.54) is 24.3 Å². The molecule has 8 nitrogen and oxygen atoms in total. The molecule has 0 aliphatic carbocycles. The van der Waals surface area contributed by atoms with Crippen molar-refractivity contribution in [2.45, 2.75) is 13.8 Å². The van der Waals surface area contributed by atoms with Gasteiger partial charge in [-0.05, 0) is 36.5 Å². The van der Waals surface area contributed by atoms with Crippen molar-refractivity contribution in [3.63, 3.8) is 0 Å². The summed E-state index contributed by atoms with van der Waals surface area (Å²) in [6.07, 6.45) is 0. The van der Waals surface area contributed by atoms with Crippen LogP contribution in [0.2, 0.25) is 0 Å². The molecule has 2 aromatic carbocycles. The van der Waals surface area contributed by atoms with Gasteiger partial charge in [-0.1, -0.05) is 26.0 Å². The van der Waals surface area contributed by atoms with Gasteiger partial charge in [-0.3, -0.25) is 25.0 Å². The van der Waals surface area contributed by atoms with Gasteiger partial charge in [0.15, 0.2) is 5.11 Å². The van der Waals surface area contributed by atoms with Crippen LogP contribution in [0.1, 0.15) is 24.2 Å². The van der Waals surface area contributed by atoms with Crippen molar-refractivity contribution in [2.24, 2.45) is 5.92 Å². The van der Waals surface area contributed by atoms with E-state index in [4.69, 9.17) is 12.2 Å². The zero-order valence-electron chi connectivity index (χ0n) is 14.7. The highest BCUT2D eigenvalue weighted by atomic mass is 32.1. The van der Waals surface area contributed by atoms with Gasteiger partial charge in [-0.2, -0.15) is 0 Å². The highest BCUT2D eigenvalue weighted by Crippen LogP contribution is 2.16. The second kappa shape index (κ2) is 8.86. The molecule has 0 unspecified atom stereocenters. The van der Waals surface area contributed by atoms with Crippen LogP contribution in [0.3, 0.4) is 0 Å². The molecule has 27 heavy (non-hydrogen) atoms. The van der Waals surface area contributed by atoms with Gasteiger partial charge >= 0.3 is 0 Å². The molecular weight excluding hydrogens is 368 g/mol. The quantitative estimate of drug-likeness (QED) is 0.413.